The van der Waals surface area contributed by atoms with E-state index in [-0.39, 0.29) is 0 Å². The molecule has 1 heterocycles. The number of thiazole rings is 1. The lowest BCUT2D eigenvalue weighted by Gasteiger charge is -2.03. The minimum Gasteiger partial charge on any atom is -0.307 e. The number of benzene rings is 1. The number of aromatic nitrogens is 1. The van der Waals surface area contributed by atoms with Crippen molar-refractivity contribution in [1.82, 2.24) is 10.3 Å². The highest BCUT2D eigenvalue weighted by atomic mass is 32.1. The molecule has 0 amide bonds. The van der Waals surface area contributed by atoms with Crippen LogP contribution in [0.5, 0.6) is 0 Å². The molecule has 5 heteroatoms. The van der Waals surface area contributed by atoms with Gasteiger partial charge in [-0.2, -0.15) is 0 Å². The van der Waals surface area contributed by atoms with Gasteiger partial charge < -0.3 is 5.32 Å². The van der Waals surface area contributed by atoms with Gasteiger partial charge in [0.05, 0.1) is 10.7 Å². The van der Waals surface area contributed by atoms with Crippen LogP contribution in [-0.4, -0.2) is 4.98 Å². The van der Waals surface area contributed by atoms with Crippen molar-refractivity contribution in [2.75, 3.05) is 0 Å². The van der Waals surface area contributed by atoms with Crippen molar-refractivity contribution in [3.63, 3.8) is 0 Å². The molecule has 0 bridgehead atoms. The molecule has 0 unspecified atom stereocenters. The molecule has 1 N–H and O–H groups in total. The minimum atomic E-state index is -0.816. The number of aryl methyl sites for hydroxylation is 1. The average molecular weight is 254 g/mol. The third kappa shape index (κ3) is 3.31. The van der Waals surface area contributed by atoms with Crippen molar-refractivity contribution in [1.29, 1.82) is 0 Å². The van der Waals surface area contributed by atoms with Crippen molar-refractivity contribution < 1.29 is 8.78 Å². The Kier molecular flexibility index (Phi) is 3.81. The largest absolute Gasteiger partial charge is 0.307 e. The van der Waals surface area contributed by atoms with Crippen LogP contribution in [0.15, 0.2) is 23.6 Å². The summed E-state index contributed by atoms with van der Waals surface area (Å²) < 4.78 is 25.6. The zero-order valence-corrected chi connectivity index (χ0v) is 10.2. The van der Waals surface area contributed by atoms with Gasteiger partial charge in [0.25, 0.3) is 0 Å². The van der Waals surface area contributed by atoms with Crippen LogP contribution in [0.2, 0.25) is 0 Å². The van der Waals surface area contributed by atoms with Crippen LogP contribution in [0.3, 0.4) is 0 Å². The molecule has 0 aliphatic carbocycles. The highest BCUT2D eigenvalue weighted by Gasteiger charge is 2.02. The minimum absolute atomic E-state index is 0.494. The van der Waals surface area contributed by atoms with E-state index in [0.717, 1.165) is 22.3 Å². The first kappa shape index (κ1) is 12.1. The number of rotatable bonds is 4. The summed E-state index contributed by atoms with van der Waals surface area (Å²) in [7, 11) is 0. The monoisotopic (exact) mass is 254 g/mol. The van der Waals surface area contributed by atoms with E-state index >= 15 is 0 Å². The molecule has 0 aliphatic rings. The molecule has 0 saturated carbocycles. The van der Waals surface area contributed by atoms with E-state index in [1.807, 2.05) is 12.3 Å². The number of hydrogen-bond acceptors (Lipinski definition) is 3. The summed E-state index contributed by atoms with van der Waals surface area (Å²) in [5, 5.41) is 6.14. The fourth-order valence-corrected chi connectivity index (χ4v) is 2.09. The van der Waals surface area contributed by atoms with Gasteiger partial charge in [-0.3, -0.25) is 0 Å². The van der Waals surface area contributed by atoms with Gasteiger partial charge in [-0.25, -0.2) is 13.8 Å². The van der Waals surface area contributed by atoms with E-state index < -0.39 is 11.6 Å². The lowest BCUT2D eigenvalue weighted by Crippen LogP contribution is -2.13. The number of hydrogen-bond donors (Lipinski definition) is 1. The Bertz CT molecular complexity index is 511. The van der Waals surface area contributed by atoms with Gasteiger partial charge in [-0.05, 0) is 24.6 Å². The molecule has 0 radical (unpaired) electrons. The van der Waals surface area contributed by atoms with Crippen molar-refractivity contribution in [2.45, 2.75) is 20.0 Å². The number of nitrogens with zero attached hydrogens (tertiary/aromatic N) is 1. The summed E-state index contributed by atoms with van der Waals surface area (Å²) in [6.45, 7) is 3.07. The maximum atomic E-state index is 12.9. The number of nitrogens with one attached hydrogen (secondary N) is 1. The van der Waals surface area contributed by atoms with E-state index in [1.165, 1.54) is 6.07 Å². The van der Waals surface area contributed by atoms with Gasteiger partial charge >= 0.3 is 0 Å². The van der Waals surface area contributed by atoms with E-state index in [9.17, 15) is 8.78 Å². The summed E-state index contributed by atoms with van der Waals surface area (Å²) in [6.07, 6.45) is 0. The van der Waals surface area contributed by atoms with Gasteiger partial charge in [0.2, 0.25) is 0 Å². The third-order valence-corrected chi connectivity index (χ3v) is 3.11. The first-order valence-electron chi connectivity index (χ1n) is 5.21. The molecule has 2 nitrogen and oxygen atoms in total. The Balaban J connectivity index is 1.87. The number of halogens is 2. The molecule has 2 rings (SSSR count). The summed E-state index contributed by atoms with van der Waals surface area (Å²) in [4.78, 5) is 4.30. The molecular formula is C12H12F2N2S. The first-order chi connectivity index (χ1) is 8.15. The maximum Gasteiger partial charge on any atom is 0.159 e. The van der Waals surface area contributed by atoms with Crippen molar-refractivity contribution in [3.05, 3.63) is 51.5 Å². The smallest absolute Gasteiger partial charge is 0.159 e. The van der Waals surface area contributed by atoms with E-state index in [1.54, 1.807) is 17.4 Å². The summed E-state index contributed by atoms with van der Waals surface area (Å²) >= 11 is 1.59. The van der Waals surface area contributed by atoms with Crippen LogP contribution in [0, 0.1) is 18.6 Å². The highest BCUT2D eigenvalue weighted by molar-refractivity contribution is 7.09. The maximum absolute atomic E-state index is 12.9. The van der Waals surface area contributed by atoms with Gasteiger partial charge in [0, 0.05) is 18.5 Å². The molecule has 0 spiro atoms. The molecule has 2 aromatic rings. The Hall–Kier alpha value is -1.33. The Morgan fingerprint density at radius 3 is 2.71 bits per heavy atom. The molecule has 0 aliphatic heterocycles. The summed E-state index contributed by atoms with van der Waals surface area (Å²) in [5.41, 5.74) is 1.69. The van der Waals surface area contributed by atoms with Gasteiger partial charge in [0.15, 0.2) is 11.6 Å². The second-order valence-corrected chi connectivity index (χ2v) is 4.77. The second-order valence-electron chi connectivity index (χ2n) is 3.71. The van der Waals surface area contributed by atoms with Crippen molar-refractivity contribution in [3.8, 4) is 0 Å². The fourth-order valence-electron chi connectivity index (χ4n) is 1.47. The zero-order valence-electron chi connectivity index (χ0n) is 9.34. The molecule has 1 aromatic carbocycles. The molecule has 17 heavy (non-hydrogen) atoms. The van der Waals surface area contributed by atoms with Crippen molar-refractivity contribution >= 4 is 11.3 Å². The predicted octanol–water partition coefficient (Wildman–Crippen LogP) is 3.02. The van der Waals surface area contributed by atoms with Gasteiger partial charge in [-0.1, -0.05) is 6.07 Å². The first-order valence-corrected chi connectivity index (χ1v) is 6.09. The zero-order chi connectivity index (χ0) is 12.3. The van der Waals surface area contributed by atoms with Gasteiger partial charge in [0.1, 0.15) is 0 Å². The average Bonchev–Trinajstić information content (AvgIpc) is 2.70. The Morgan fingerprint density at radius 2 is 2.06 bits per heavy atom. The quantitative estimate of drug-likeness (QED) is 0.907. The van der Waals surface area contributed by atoms with E-state index in [2.05, 4.69) is 10.3 Å². The fraction of sp³-hybridized carbons (Fsp3) is 0.250. The molecule has 1 aromatic heterocycles. The Morgan fingerprint density at radius 1 is 1.24 bits per heavy atom. The van der Waals surface area contributed by atoms with Crippen LogP contribution in [0.25, 0.3) is 0 Å². The van der Waals surface area contributed by atoms with Gasteiger partial charge in [-0.15, -0.1) is 11.3 Å². The van der Waals surface area contributed by atoms with Crippen LogP contribution < -0.4 is 5.32 Å². The third-order valence-electron chi connectivity index (χ3n) is 2.29. The van der Waals surface area contributed by atoms with E-state index in [0.29, 0.717) is 13.1 Å². The predicted molar refractivity (Wildman–Crippen MR) is 63.8 cm³/mol. The van der Waals surface area contributed by atoms with Crippen LogP contribution in [0.4, 0.5) is 8.78 Å². The second kappa shape index (κ2) is 5.33. The highest BCUT2D eigenvalue weighted by Crippen LogP contribution is 2.10. The van der Waals surface area contributed by atoms with Crippen LogP contribution >= 0.6 is 11.3 Å². The normalized spacial score (nSPS) is 10.8. The lowest BCUT2D eigenvalue weighted by molar-refractivity contribution is 0.506. The lowest BCUT2D eigenvalue weighted by atomic mass is 10.2. The standard InChI is InChI=1S/C12H12F2N2S/c1-8-16-10(7-17-8)6-15-5-9-2-3-11(13)12(14)4-9/h2-4,7,15H,5-6H2,1H3. The van der Waals surface area contributed by atoms with Crippen LogP contribution in [0.1, 0.15) is 16.3 Å². The van der Waals surface area contributed by atoms with Crippen LogP contribution in [-0.2, 0) is 13.1 Å². The Labute approximate surface area is 102 Å². The molecule has 90 valence electrons. The SMILES string of the molecule is Cc1nc(CNCc2ccc(F)c(F)c2)cs1. The topological polar surface area (TPSA) is 24.9 Å². The van der Waals surface area contributed by atoms with Crippen molar-refractivity contribution in [2.24, 2.45) is 0 Å². The molecular weight excluding hydrogens is 242 g/mol. The molecule has 0 fully saturated rings. The summed E-state index contributed by atoms with van der Waals surface area (Å²) in [6, 6.07) is 3.91. The molecule has 0 saturated heterocycles. The van der Waals surface area contributed by atoms with E-state index in [4.69, 9.17) is 0 Å². The molecule has 0 atom stereocenters. The summed E-state index contributed by atoms with van der Waals surface area (Å²) in [5.74, 6) is -1.63.